The van der Waals surface area contributed by atoms with Gasteiger partial charge in [-0.1, -0.05) is 6.07 Å². The number of aryl methyl sites for hydroxylation is 2. The van der Waals surface area contributed by atoms with Crippen LogP contribution in [0.4, 0.5) is 0 Å². The van der Waals surface area contributed by atoms with Gasteiger partial charge in [0.2, 0.25) is 0 Å². The van der Waals surface area contributed by atoms with Gasteiger partial charge in [-0.05, 0) is 49.7 Å². The van der Waals surface area contributed by atoms with Gasteiger partial charge >= 0.3 is 0 Å². The monoisotopic (exact) mass is 282 g/mol. The second-order valence-electron chi connectivity index (χ2n) is 5.06. The molecule has 0 saturated heterocycles. The first-order valence-electron chi connectivity index (χ1n) is 6.98. The second-order valence-corrected chi connectivity index (χ2v) is 5.06. The van der Waals surface area contributed by atoms with E-state index in [2.05, 4.69) is 36.6 Å². The van der Waals surface area contributed by atoms with Crippen LogP contribution in [-0.4, -0.2) is 21.8 Å². The van der Waals surface area contributed by atoms with E-state index in [1.54, 1.807) is 19.2 Å². The first kappa shape index (κ1) is 13.5. The number of methoxy groups -OCH3 is 1. The van der Waals surface area contributed by atoms with Crippen LogP contribution in [0.15, 0.2) is 36.4 Å². The number of aromatic hydroxyl groups is 1. The molecule has 0 atom stereocenters. The molecule has 0 bridgehead atoms. The quantitative estimate of drug-likeness (QED) is 0.796. The van der Waals surface area contributed by atoms with Crippen molar-refractivity contribution >= 4 is 11.0 Å². The van der Waals surface area contributed by atoms with Crippen molar-refractivity contribution in [1.29, 1.82) is 0 Å². The Morgan fingerprint density at radius 2 is 2.00 bits per heavy atom. The molecule has 3 aromatic rings. The Hall–Kier alpha value is -2.49. The maximum atomic E-state index is 9.97. The van der Waals surface area contributed by atoms with Gasteiger partial charge in [0.1, 0.15) is 5.82 Å². The summed E-state index contributed by atoms with van der Waals surface area (Å²) < 4.78 is 7.24. The van der Waals surface area contributed by atoms with Gasteiger partial charge < -0.3 is 14.4 Å². The molecule has 0 aliphatic rings. The number of ether oxygens (including phenoxy) is 1. The molecule has 4 heteroatoms. The average Bonchev–Trinajstić information content (AvgIpc) is 2.84. The van der Waals surface area contributed by atoms with Gasteiger partial charge in [-0.25, -0.2) is 4.98 Å². The Bertz CT molecular complexity index is 806. The highest BCUT2D eigenvalue weighted by Crippen LogP contribution is 2.32. The topological polar surface area (TPSA) is 47.3 Å². The lowest BCUT2D eigenvalue weighted by molar-refractivity contribution is 0.373. The van der Waals surface area contributed by atoms with Gasteiger partial charge in [-0.3, -0.25) is 0 Å². The van der Waals surface area contributed by atoms with Crippen LogP contribution in [0.25, 0.3) is 22.4 Å². The van der Waals surface area contributed by atoms with Crippen molar-refractivity contribution in [2.75, 3.05) is 7.11 Å². The molecule has 0 radical (unpaired) electrons. The minimum Gasteiger partial charge on any atom is -0.504 e. The molecule has 4 nitrogen and oxygen atoms in total. The molecule has 0 saturated carbocycles. The number of phenolic OH excluding ortho intramolecular Hbond substituents is 1. The van der Waals surface area contributed by atoms with E-state index < -0.39 is 0 Å². The summed E-state index contributed by atoms with van der Waals surface area (Å²) in [4.78, 5) is 4.72. The zero-order valence-corrected chi connectivity index (χ0v) is 12.4. The first-order valence-corrected chi connectivity index (χ1v) is 6.98. The zero-order chi connectivity index (χ0) is 15.0. The van der Waals surface area contributed by atoms with Gasteiger partial charge in [-0.15, -0.1) is 0 Å². The fourth-order valence-electron chi connectivity index (χ4n) is 2.61. The summed E-state index contributed by atoms with van der Waals surface area (Å²) in [6.45, 7) is 4.97. The van der Waals surface area contributed by atoms with Crippen LogP contribution in [0.1, 0.15) is 12.5 Å². The molecule has 21 heavy (non-hydrogen) atoms. The van der Waals surface area contributed by atoms with E-state index in [-0.39, 0.29) is 5.75 Å². The third kappa shape index (κ3) is 2.23. The number of hydrogen-bond acceptors (Lipinski definition) is 3. The van der Waals surface area contributed by atoms with Crippen LogP contribution in [0.5, 0.6) is 11.5 Å². The van der Waals surface area contributed by atoms with Gasteiger partial charge in [0.25, 0.3) is 0 Å². The molecular formula is C17H18N2O2. The minimum atomic E-state index is 0.126. The van der Waals surface area contributed by atoms with Crippen molar-refractivity contribution < 1.29 is 9.84 Å². The van der Waals surface area contributed by atoms with E-state index >= 15 is 0 Å². The number of imidazole rings is 1. The number of benzene rings is 2. The summed E-state index contributed by atoms with van der Waals surface area (Å²) in [6.07, 6.45) is 0. The largest absolute Gasteiger partial charge is 0.504 e. The number of nitrogens with zero attached hydrogens (tertiary/aromatic N) is 2. The van der Waals surface area contributed by atoms with E-state index in [0.717, 1.165) is 29.0 Å². The van der Waals surface area contributed by atoms with E-state index in [1.807, 2.05) is 6.07 Å². The van der Waals surface area contributed by atoms with Gasteiger partial charge in [0.05, 0.1) is 18.1 Å². The van der Waals surface area contributed by atoms with Crippen molar-refractivity contribution in [3.63, 3.8) is 0 Å². The molecule has 0 aliphatic carbocycles. The zero-order valence-electron chi connectivity index (χ0n) is 12.4. The maximum absolute atomic E-state index is 9.97. The highest BCUT2D eigenvalue weighted by atomic mass is 16.5. The molecule has 2 aromatic carbocycles. The SMILES string of the molecule is CCn1c(-c2ccc(OC)c(O)c2)nc2cc(C)ccc21. The number of hydrogen-bond donors (Lipinski definition) is 1. The Labute approximate surface area is 123 Å². The molecule has 1 N–H and O–H groups in total. The highest BCUT2D eigenvalue weighted by Gasteiger charge is 2.13. The molecule has 1 aromatic heterocycles. The molecule has 0 amide bonds. The molecule has 0 aliphatic heterocycles. The molecule has 0 spiro atoms. The Kier molecular flexibility index (Phi) is 3.29. The third-order valence-electron chi connectivity index (χ3n) is 3.66. The van der Waals surface area contributed by atoms with Gasteiger partial charge in [0, 0.05) is 12.1 Å². The lowest BCUT2D eigenvalue weighted by Gasteiger charge is -2.08. The highest BCUT2D eigenvalue weighted by molar-refractivity contribution is 5.81. The fraction of sp³-hybridized carbons (Fsp3) is 0.235. The smallest absolute Gasteiger partial charge is 0.160 e. The van der Waals surface area contributed by atoms with Crippen molar-refractivity contribution in [2.24, 2.45) is 0 Å². The van der Waals surface area contributed by atoms with Crippen LogP contribution in [-0.2, 0) is 6.54 Å². The van der Waals surface area contributed by atoms with E-state index in [9.17, 15) is 5.11 Å². The normalized spacial score (nSPS) is 11.0. The van der Waals surface area contributed by atoms with Crippen LogP contribution >= 0.6 is 0 Å². The fourth-order valence-corrected chi connectivity index (χ4v) is 2.61. The van der Waals surface area contributed by atoms with Crippen molar-refractivity contribution in [2.45, 2.75) is 20.4 Å². The van der Waals surface area contributed by atoms with Crippen LogP contribution in [0.3, 0.4) is 0 Å². The average molecular weight is 282 g/mol. The summed E-state index contributed by atoms with van der Waals surface area (Å²) in [7, 11) is 1.54. The maximum Gasteiger partial charge on any atom is 0.160 e. The standard InChI is InChI=1S/C17H18N2O2/c1-4-19-14-7-5-11(2)9-13(14)18-17(19)12-6-8-16(21-3)15(20)10-12/h5-10,20H,4H2,1-3H3. The summed E-state index contributed by atoms with van der Waals surface area (Å²) in [6, 6.07) is 11.6. The molecule has 0 unspecified atom stereocenters. The number of aromatic nitrogens is 2. The van der Waals surface area contributed by atoms with Gasteiger partial charge in [-0.2, -0.15) is 0 Å². The van der Waals surface area contributed by atoms with Gasteiger partial charge in [0.15, 0.2) is 11.5 Å². The van der Waals surface area contributed by atoms with Crippen LogP contribution in [0.2, 0.25) is 0 Å². The second kappa shape index (κ2) is 5.13. The molecule has 108 valence electrons. The predicted octanol–water partition coefficient (Wildman–Crippen LogP) is 3.75. The molecule has 3 rings (SSSR count). The lowest BCUT2D eigenvalue weighted by Crippen LogP contribution is -1.97. The summed E-state index contributed by atoms with van der Waals surface area (Å²) in [5.41, 5.74) is 4.15. The van der Waals surface area contributed by atoms with Crippen molar-refractivity contribution in [3.05, 3.63) is 42.0 Å². The van der Waals surface area contributed by atoms with E-state index in [4.69, 9.17) is 9.72 Å². The third-order valence-corrected chi connectivity index (χ3v) is 3.66. The molecular weight excluding hydrogens is 264 g/mol. The number of phenols is 1. The Balaban J connectivity index is 2.21. The van der Waals surface area contributed by atoms with E-state index in [1.165, 1.54) is 5.56 Å². The molecule has 0 fully saturated rings. The van der Waals surface area contributed by atoms with Crippen LogP contribution in [0, 0.1) is 6.92 Å². The summed E-state index contributed by atoms with van der Waals surface area (Å²) in [5.74, 6) is 1.45. The Morgan fingerprint density at radius 1 is 1.19 bits per heavy atom. The summed E-state index contributed by atoms with van der Waals surface area (Å²) in [5, 5.41) is 9.97. The number of fused-ring (bicyclic) bond motifs is 1. The minimum absolute atomic E-state index is 0.126. The number of rotatable bonds is 3. The predicted molar refractivity (Wildman–Crippen MR) is 83.8 cm³/mol. The van der Waals surface area contributed by atoms with Crippen molar-refractivity contribution in [3.8, 4) is 22.9 Å². The van der Waals surface area contributed by atoms with Crippen LogP contribution < -0.4 is 4.74 Å². The molecule has 1 heterocycles. The van der Waals surface area contributed by atoms with E-state index in [0.29, 0.717) is 5.75 Å². The summed E-state index contributed by atoms with van der Waals surface area (Å²) >= 11 is 0. The van der Waals surface area contributed by atoms with Crippen molar-refractivity contribution in [1.82, 2.24) is 9.55 Å². The first-order chi connectivity index (χ1) is 10.1. The Morgan fingerprint density at radius 3 is 2.67 bits per heavy atom. The lowest BCUT2D eigenvalue weighted by atomic mass is 10.2.